The molecular weight excluding hydrogens is 817 g/mol. The third-order valence-electron chi connectivity index (χ3n) is 13.2. The van der Waals surface area contributed by atoms with Gasteiger partial charge < -0.3 is 49.3 Å². The van der Waals surface area contributed by atoms with Gasteiger partial charge in [0.25, 0.3) is 0 Å². The van der Waals surface area contributed by atoms with Crippen LogP contribution in [-0.2, 0) is 30.4 Å². The zero-order chi connectivity index (χ0) is 45.2. The van der Waals surface area contributed by atoms with E-state index in [-0.39, 0.29) is 41.8 Å². The number of alkyl carbamates (subject to hydrolysis) is 2. The Morgan fingerprint density at radius 1 is 0.938 bits per heavy atom. The highest BCUT2D eigenvalue weighted by molar-refractivity contribution is 6.07. The van der Waals surface area contributed by atoms with Crippen LogP contribution in [0.2, 0.25) is 0 Å². The monoisotopic (exact) mass is 876 g/mol. The standard InChI is InChI=1S/C48H60N8O8/c1-8-10-37(55(9-2)45(57)41(54-48(60)62-7)28-17-19-63-20-18-28)43-49-24-36(51-43)30-12-14-32-31(21-30)25-64-39-23-33-29(22-34(32)39)13-15-35-42(33)52-44(50-35)38-16-11-27(5)56(38)46(58)40(26(3)4)53-47(59)61-6/h12-15,21-24,26-28,37-38,40-41H,8-11,16-20,25H2,1-7H3,(H,49,51)(H,50,52)(H,53,59)(H,54,60)/t27-,37-,38-,40-,41-/m0/s1. The largest absolute Gasteiger partial charge is 0.488 e. The third-order valence-corrected chi connectivity index (χ3v) is 13.2. The Bertz CT molecular complexity index is 2530. The van der Waals surface area contributed by atoms with Gasteiger partial charge in [0.1, 0.15) is 36.1 Å². The van der Waals surface area contributed by atoms with Crippen molar-refractivity contribution in [3.63, 3.8) is 0 Å². The van der Waals surface area contributed by atoms with Crippen molar-refractivity contribution in [3.8, 4) is 28.1 Å². The van der Waals surface area contributed by atoms with E-state index in [0.717, 1.165) is 74.8 Å². The topological polar surface area (TPSA) is 193 Å². The first-order chi connectivity index (χ1) is 30.9. The fourth-order valence-corrected chi connectivity index (χ4v) is 9.81. The van der Waals surface area contributed by atoms with E-state index in [0.29, 0.717) is 57.3 Å². The van der Waals surface area contributed by atoms with Crippen LogP contribution in [0.3, 0.4) is 0 Å². The molecule has 0 radical (unpaired) electrons. The van der Waals surface area contributed by atoms with E-state index in [9.17, 15) is 19.2 Å². The number of likely N-dealkylation sites (N-methyl/N-ethyl adjacent to an activating group) is 1. The molecule has 2 saturated heterocycles. The van der Waals surface area contributed by atoms with Gasteiger partial charge in [0, 0.05) is 36.8 Å². The molecule has 8 rings (SSSR count). The van der Waals surface area contributed by atoms with Gasteiger partial charge in [-0.25, -0.2) is 19.6 Å². The first-order valence-corrected chi connectivity index (χ1v) is 22.6. The summed E-state index contributed by atoms with van der Waals surface area (Å²) in [6, 6.07) is 12.5. The van der Waals surface area contributed by atoms with E-state index >= 15 is 0 Å². The molecular formula is C48H60N8O8. The minimum atomic E-state index is -0.736. The number of rotatable bonds is 13. The van der Waals surface area contributed by atoms with Crippen molar-refractivity contribution in [2.75, 3.05) is 34.0 Å². The van der Waals surface area contributed by atoms with E-state index in [1.54, 1.807) is 0 Å². The Hall–Kier alpha value is -6.16. The van der Waals surface area contributed by atoms with Gasteiger partial charge >= 0.3 is 12.2 Å². The Morgan fingerprint density at radius 3 is 2.42 bits per heavy atom. The fraction of sp³-hybridized carbons (Fsp3) is 0.500. The van der Waals surface area contributed by atoms with Crippen LogP contribution in [0.4, 0.5) is 9.59 Å². The van der Waals surface area contributed by atoms with Crippen LogP contribution in [0.1, 0.15) is 102 Å². The maximum Gasteiger partial charge on any atom is 0.407 e. The molecule has 0 saturated carbocycles. The Morgan fingerprint density at radius 2 is 1.70 bits per heavy atom. The van der Waals surface area contributed by atoms with Crippen molar-refractivity contribution < 1.29 is 38.1 Å². The van der Waals surface area contributed by atoms with Crippen molar-refractivity contribution in [2.24, 2.45) is 11.8 Å². The van der Waals surface area contributed by atoms with E-state index < -0.39 is 24.3 Å². The number of H-pyrrole nitrogens is 2. The van der Waals surface area contributed by atoms with Gasteiger partial charge in [-0.3, -0.25) is 9.59 Å². The second-order valence-corrected chi connectivity index (χ2v) is 17.5. The summed E-state index contributed by atoms with van der Waals surface area (Å²) in [6.07, 6.45) is 4.96. The zero-order valence-corrected chi connectivity index (χ0v) is 37.8. The molecule has 5 atom stereocenters. The summed E-state index contributed by atoms with van der Waals surface area (Å²) in [5.74, 6) is 1.65. The number of hydrogen-bond donors (Lipinski definition) is 4. The van der Waals surface area contributed by atoms with E-state index in [2.05, 4.69) is 63.9 Å². The van der Waals surface area contributed by atoms with Gasteiger partial charge in [0.2, 0.25) is 11.8 Å². The highest BCUT2D eigenvalue weighted by atomic mass is 16.5. The van der Waals surface area contributed by atoms with Crippen LogP contribution < -0.4 is 15.4 Å². The summed E-state index contributed by atoms with van der Waals surface area (Å²) in [7, 11) is 2.60. The summed E-state index contributed by atoms with van der Waals surface area (Å²) in [5, 5.41) is 7.57. The molecule has 0 spiro atoms. The van der Waals surface area contributed by atoms with Crippen molar-refractivity contribution in [1.82, 2.24) is 40.4 Å². The molecule has 4 amide bonds. The summed E-state index contributed by atoms with van der Waals surface area (Å²) in [5.41, 5.74) is 6.55. The number of aromatic nitrogens is 4. The smallest absolute Gasteiger partial charge is 0.407 e. The molecule has 16 heteroatoms. The highest BCUT2D eigenvalue weighted by Crippen LogP contribution is 2.44. The van der Waals surface area contributed by atoms with Crippen molar-refractivity contribution in [2.45, 2.75) is 110 Å². The number of likely N-dealkylation sites (tertiary alicyclic amines) is 1. The number of fused-ring (bicyclic) bond motifs is 6. The first-order valence-electron chi connectivity index (χ1n) is 22.6. The van der Waals surface area contributed by atoms with Crippen molar-refractivity contribution in [3.05, 3.63) is 65.9 Å². The van der Waals surface area contributed by atoms with Gasteiger partial charge in [0.15, 0.2) is 0 Å². The van der Waals surface area contributed by atoms with Gasteiger partial charge in [-0.15, -0.1) is 0 Å². The number of ether oxygens (including phenoxy) is 4. The number of benzene rings is 3. The van der Waals surface area contributed by atoms with Crippen molar-refractivity contribution >= 4 is 45.8 Å². The molecule has 3 aliphatic heterocycles. The minimum Gasteiger partial charge on any atom is -0.488 e. The summed E-state index contributed by atoms with van der Waals surface area (Å²) < 4.78 is 21.8. The molecule has 4 N–H and O–H groups in total. The highest BCUT2D eigenvalue weighted by Gasteiger charge is 2.42. The molecule has 2 aromatic heterocycles. The first kappa shape index (κ1) is 44.4. The second-order valence-electron chi connectivity index (χ2n) is 17.5. The van der Waals surface area contributed by atoms with Crippen LogP contribution >= 0.6 is 0 Å². The number of carbonyl (C=O) groups excluding carboxylic acids is 4. The predicted octanol–water partition coefficient (Wildman–Crippen LogP) is 7.94. The van der Waals surface area contributed by atoms with Gasteiger partial charge in [0.05, 0.1) is 49.2 Å². The Labute approximate surface area is 373 Å². The number of imidazole rings is 2. The third kappa shape index (κ3) is 8.59. The normalized spacial score (nSPS) is 18.8. The summed E-state index contributed by atoms with van der Waals surface area (Å²) in [4.78, 5) is 73.6. The van der Waals surface area contributed by atoms with Crippen LogP contribution in [0, 0.1) is 11.8 Å². The molecule has 3 aromatic carbocycles. The fourth-order valence-electron chi connectivity index (χ4n) is 9.81. The summed E-state index contributed by atoms with van der Waals surface area (Å²) in [6.45, 7) is 11.8. The van der Waals surface area contributed by atoms with Crippen LogP contribution in [0.5, 0.6) is 5.75 Å². The average molecular weight is 877 g/mol. The summed E-state index contributed by atoms with van der Waals surface area (Å²) >= 11 is 0. The molecule has 340 valence electrons. The van der Waals surface area contributed by atoms with Gasteiger partial charge in [-0.2, -0.15) is 0 Å². The van der Waals surface area contributed by atoms with E-state index in [1.165, 1.54) is 14.2 Å². The maximum atomic E-state index is 14.3. The maximum absolute atomic E-state index is 14.3. The number of hydrogen-bond acceptors (Lipinski definition) is 10. The zero-order valence-electron chi connectivity index (χ0n) is 37.8. The second kappa shape index (κ2) is 18.9. The number of nitrogens with one attached hydrogen (secondary N) is 4. The average Bonchev–Trinajstić information content (AvgIpc) is 4.08. The number of carbonyl (C=O) groups is 4. The Balaban J connectivity index is 1.04. The quantitative estimate of drug-likeness (QED) is 0.0903. The number of nitrogens with zero attached hydrogens (tertiary/aromatic N) is 4. The SMILES string of the molecule is CCC[C@@H](c1ncc(-c2ccc3c(c2)COc2cc4c(ccc5nc([C@@H]6CC[C@H](C)N6C(=O)[C@@H](NC(=O)OC)C(C)C)[nH]c54)cc2-3)[nH]1)N(CC)C(=O)[C@@H](NC(=O)OC)C1CCOCC1. The Kier molecular flexibility index (Phi) is 13.1. The molecule has 3 aliphatic rings. The van der Waals surface area contributed by atoms with Crippen LogP contribution in [0.25, 0.3) is 44.2 Å². The number of amides is 4. The lowest BCUT2D eigenvalue weighted by Gasteiger charge is -2.36. The molecule has 0 bridgehead atoms. The molecule has 5 aromatic rings. The number of methoxy groups -OCH3 is 2. The lowest BCUT2D eigenvalue weighted by Crippen LogP contribution is -2.54. The number of aromatic amines is 2. The van der Waals surface area contributed by atoms with Gasteiger partial charge in [-0.05, 0) is 104 Å². The lowest BCUT2D eigenvalue weighted by molar-refractivity contribution is -0.138. The molecule has 0 unspecified atom stereocenters. The molecule has 2 fully saturated rings. The predicted molar refractivity (Wildman–Crippen MR) is 241 cm³/mol. The minimum absolute atomic E-state index is 0.0296. The van der Waals surface area contributed by atoms with Crippen molar-refractivity contribution in [1.29, 1.82) is 0 Å². The molecule has 64 heavy (non-hydrogen) atoms. The van der Waals surface area contributed by atoms with Gasteiger partial charge in [-0.1, -0.05) is 45.4 Å². The van der Waals surface area contributed by atoms with E-state index in [1.807, 2.05) is 49.8 Å². The molecule has 5 heterocycles. The van der Waals surface area contributed by atoms with Crippen LogP contribution in [0.15, 0.2) is 48.7 Å². The molecule has 0 aliphatic carbocycles. The van der Waals surface area contributed by atoms with E-state index in [4.69, 9.17) is 28.9 Å². The molecule has 16 nitrogen and oxygen atoms in total. The lowest BCUT2D eigenvalue weighted by atomic mass is 9.90. The van der Waals surface area contributed by atoms with Crippen LogP contribution in [-0.4, -0.2) is 106 Å².